The van der Waals surface area contributed by atoms with Crippen LogP contribution in [0.15, 0.2) is 29.3 Å². The molecule has 25 heavy (non-hydrogen) atoms. The van der Waals surface area contributed by atoms with Crippen LogP contribution in [0.3, 0.4) is 0 Å². The van der Waals surface area contributed by atoms with Gasteiger partial charge in [-0.05, 0) is 37.5 Å². The zero-order valence-corrected chi connectivity index (χ0v) is 18.2. The minimum Gasteiger partial charge on any atom is -0.354 e. The molecule has 1 aromatic rings. The molecule has 1 aromatic carbocycles. The predicted octanol–water partition coefficient (Wildman–Crippen LogP) is 3.59. The Hall–Kier alpha value is -1.02. The van der Waals surface area contributed by atoms with Crippen LogP contribution in [0.4, 0.5) is 0 Å². The topological polar surface area (TPSA) is 56.7 Å². The monoisotopic (exact) mass is 478 g/mol. The molecule has 1 unspecified atom stereocenters. The molecule has 1 fully saturated rings. The lowest BCUT2D eigenvalue weighted by Gasteiger charge is -2.22. The van der Waals surface area contributed by atoms with Crippen molar-refractivity contribution in [2.75, 3.05) is 20.6 Å². The number of guanidine groups is 1. The summed E-state index contributed by atoms with van der Waals surface area (Å²) in [5.41, 5.74) is 1.09. The Labute approximate surface area is 172 Å². The summed E-state index contributed by atoms with van der Waals surface area (Å²) in [6.45, 7) is 2.20. The first kappa shape index (κ1) is 22.0. The number of carbonyl (C=O) groups is 1. The minimum absolute atomic E-state index is 0. The van der Waals surface area contributed by atoms with Crippen molar-refractivity contribution in [2.45, 2.75) is 44.7 Å². The Bertz CT molecular complexity index is 588. The van der Waals surface area contributed by atoms with E-state index >= 15 is 0 Å². The van der Waals surface area contributed by atoms with E-state index in [1.54, 1.807) is 19.0 Å². The fourth-order valence-electron chi connectivity index (χ4n) is 2.75. The normalized spacial score (nSPS) is 16.1. The molecule has 2 rings (SSSR count). The number of hydrogen-bond acceptors (Lipinski definition) is 2. The maximum absolute atomic E-state index is 11.8. The molecule has 1 aliphatic carbocycles. The van der Waals surface area contributed by atoms with E-state index in [0.717, 1.165) is 18.4 Å². The van der Waals surface area contributed by atoms with Crippen LogP contribution in [0.25, 0.3) is 0 Å². The van der Waals surface area contributed by atoms with Gasteiger partial charge in [0, 0.05) is 25.2 Å². The van der Waals surface area contributed by atoms with Gasteiger partial charge in [0.25, 0.3) is 0 Å². The average Bonchev–Trinajstić information content (AvgIpc) is 3.05. The third kappa shape index (κ3) is 7.40. The highest BCUT2D eigenvalue weighted by molar-refractivity contribution is 14.0. The lowest BCUT2D eigenvalue weighted by atomic mass is 10.1. The summed E-state index contributed by atoms with van der Waals surface area (Å²) in [7, 11) is 3.48. The number of carbonyl (C=O) groups excluding carboxylic acids is 1. The number of rotatable bonds is 5. The Morgan fingerprint density at radius 1 is 1.36 bits per heavy atom. The highest BCUT2D eigenvalue weighted by Gasteiger charge is 2.18. The first-order valence-electron chi connectivity index (χ1n) is 8.49. The van der Waals surface area contributed by atoms with Gasteiger partial charge in [0.05, 0.1) is 6.04 Å². The van der Waals surface area contributed by atoms with Crippen LogP contribution in [0.2, 0.25) is 5.02 Å². The predicted molar refractivity (Wildman–Crippen MR) is 115 cm³/mol. The van der Waals surface area contributed by atoms with Crippen molar-refractivity contribution < 1.29 is 4.79 Å². The van der Waals surface area contributed by atoms with Crippen LogP contribution < -0.4 is 10.6 Å². The summed E-state index contributed by atoms with van der Waals surface area (Å²) < 4.78 is 0. The number of likely N-dealkylation sites (N-methyl/N-ethyl adjacent to an activating group) is 1. The van der Waals surface area contributed by atoms with E-state index in [1.807, 2.05) is 24.3 Å². The molecule has 1 amide bonds. The Morgan fingerprint density at radius 2 is 2.04 bits per heavy atom. The Balaban J connectivity index is 0.00000312. The van der Waals surface area contributed by atoms with E-state index < -0.39 is 0 Å². The highest BCUT2D eigenvalue weighted by atomic mass is 127. The van der Waals surface area contributed by atoms with Crippen molar-refractivity contribution in [3.63, 3.8) is 0 Å². The van der Waals surface area contributed by atoms with Crippen molar-refractivity contribution in [3.8, 4) is 0 Å². The molecule has 7 heteroatoms. The molecule has 5 nitrogen and oxygen atoms in total. The van der Waals surface area contributed by atoms with Crippen LogP contribution in [0.1, 0.15) is 44.2 Å². The summed E-state index contributed by atoms with van der Waals surface area (Å²) in [6.07, 6.45) is 4.78. The molecule has 0 heterocycles. The summed E-state index contributed by atoms with van der Waals surface area (Å²) in [6, 6.07) is 8.24. The number of nitrogens with zero attached hydrogens (tertiary/aromatic N) is 2. The van der Waals surface area contributed by atoms with E-state index in [0.29, 0.717) is 17.0 Å². The number of halogens is 2. The summed E-state index contributed by atoms with van der Waals surface area (Å²) in [5, 5.41) is 7.57. The van der Waals surface area contributed by atoms with Gasteiger partial charge in [-0.3, -0.25) is 4.79 Å². The smallest absolute Gasteiger partial charge is 0.243 e. The van der Waals surface area contributed by atoms with Gasteiger partial charge in [-0.1, -0.05) is 36.6 Å². The molecule has 1 saturated carbocycles. The van der Waals surface area contributed by atoms with Crippen LogP contribution >= 0.6 is 35.6 Å². The van der Waals surface area contributed by atoms with Gasteiger partial charge in [0.15, 0.2) is 5.96 Å². The first-order valence-corrected chi connectivity index (χ1v) is 8.86. The molecule has 0 aliphatic heterocycles. The number of aliphatic imine (C=N–C) groups is 1. The summed E-state index contributed by atoms with van der Waals surface area (Å²) >= 11 is 6.08. The van der Waals surface area contributed by atoms with E-state index in [-0.39, 0.29) is 42.5 Å². The second kappa shape index (κ2) is 10.9. The van der Waals surface area contributed by atoms with Crippen molar-refractivity contribution in [1.29, 1.82) is 0 Å². The van der Waals surface area contributed by atoms with Crippen LogP contribution in [0, 0.1) is 0 Å². The lowest BCUT2D eigenvalue weighted by Crippen LogP contribution is -2.44. The molecule has 0 saturated heterocycles. The molecule has 0 bridgehead atoms. The van der Waals surface area contributed by atoms with Crippen LogP contribution in [-0.2, 0) is 4.79 Å². The molecular formula is C18H28ClIN4O. The van der Waals surface area contributed by atoms with Crippen molar-refractivity contribution in [3.05, 3.63) is 34.9 Å². The van der Waals surface area contributed by atoms with Gasteiger partial charge in [0.2, 0.25) is 5.91 Å². The minimum atomic E-state index is -0.0158. The summed E-state index contributed by atoms with van der Waals surface area (Å²) in [4.78, 5) is 17.8. The van der Waals surface area contributed by atoms with Gasteiger partial charge < -0.3 is 15.5 Å². The fourth-order valence-corrected chi connectivity index (χ4v) is 2.95. The molecule has 140 valence electrons. The molecular weight excluding hydrogens is 451 g/mol. The van der Waals surface area contributed by atoms with E-state index in [9.17, 15) is 4.79 Å². The molecule has 1 atom stereocenters. The number of hydrogen-bond donors (Lipinski definition) is 2. The van der Waals surface area contributed by atoms with Gasteiger partial charge >= 0.3 is 0 Å². The molecule has 2 N–H and O–H groups in total. The lowest BCUT2D eigenvalue weighted by molar-refractivity contribution is -0.127. The third-order valence-electron chi connectivity index (χ3n) is 4.27. The maximum atomic E-state index is 11.8. The fraction of sp³-hybridized carbons (Fsp3) is 0.556. The first-order chi connectivity index (χ1) is 11.5. The zero-order chi connectivity index (χ0) is 17.5. The van der Waals surface area contributed by atoms with Crippen LogP contribution in [-0.4, -0.2) is 43.4 Å². The van der Waals surface area contributed by atoms with Gasteiger partial charge in [-0.15, -0.1) is 24.0 Å². The quantitative estimate of drug-likeness (QED) is 0.386. The number of nitrogens with one attached hydrogen (secondary N) is 2. The molecule has 0 spiro atoms. The zero-order valence-electron chi connectivity index (χ0n) is 15.1. The highest BCUT2D eigenvalue weighted by Crippen LogP contribution is 2.19. The van der Waals surface area contributed by atoms with E-state index in [2.05, 4.69) is 22.5 Å². The van der Waals surface area contributed by atoms with Crippen LogP contribution in [0.5, 0.6) is 0 Å². The Kier molecular flexibility index (Phi) is 9.56. The van der Waals surface area contributed by atoms with Gasteiger partial charge in [0.1, 0.15) is 6.54 Å². The van der Waals surface area contributed by atoms with Crippen molar-refractivity contribution >= 4 is 47.4 Å². The van der Waals surface area contributed by atoms with Crippen molar-refractivity contribution in [1.82, 2.24) is 15.5 Å². The van der Waals surface area contributed by atoms with Gasteiger partial charge in [-0.2, -0.15) is 0 Å². The second-order valence-electron chi connectivity index (χ2n) is 6.50. The SMILES string of the molecule is CC(NC(=NCC(=O)N(C)C)NC1CCCC1)c1cccc(Cl)c1.I. The van der Waals surface area contributed by atoms with E-state index in [1.165, 1.54) is 12.8 Å². The Morgan fingerprint density at radius 3 is 2.64 bits per heavy atom. The number of amides is 1. The third-order valence-corrected chi connectivity index (χ3v) is 4.50. The standard InChI is InChI=1S/C18H27ClN4O.HI/c1-13(14-7-6-8-15(19)11-14)21-18(20-12-17(24)23(2)3)22-16-9-4-5-10-16;/h6-8,11,13,16H,4-5,9-10,12H2,1-3H3,(H2,20,21,22);1H. The molecule has 0 radical (unpaired) electrons. The maximum Gasteiger partial charge on any atom is 0.243 e. The van der Waals surface area contributed by atoms with Crippen molar-refractivity contribution in [2.24, 2.45) is 4.99 Å². The average molecular weight is 479 g/mol. The molecule has 1 aliphatic rings. The van der Waals surface area contributed by atoms with Gasteiger partial charge in [-0.25, -0.2) is 4.99 Å². The summed E-state index contributed by atoms with van der Waals surface area (Å²) in [5.74, 6) is 0.669. The number of benzene rings is 1. The molecule has 0 aromatic heterocycles. The second-order valence-corrected chi connectivity index (χ2v) is 6.94. The van der Waals surface area contributed by atoms with E-state index in [4.69, 9.17) is 11.6 Å². The largest absolute Gasteiger partial charge is 0.354 e.